The second kappa shape index (κ2) is 7.89. The van der Waals surface area contributed by atoms with E-state index in [-0.39, 0.29) is 16.8 Å². The highest BCUT2D eigenvalue weighted by atomic mass is 35.5. The fraction of sp³-hybridized carbons (Fsp3) is 0.278. The molecule has 0 unspecified atom stereocenters. The van der Waals surface area contributed by atoms with Gasteiger partial charge in [0, 0.05) is 6.04 Å². The molecule has 0 bridgehead atoms. The Hall–Kier alpha value is -2.05. The molecule has 25 heavy (non-hydrogen) atoms. The van der Waals surface area contributed by atoms with Gasteiger partial charge in [0.05, 0.1) is 16.3 Å². The predicted molar refractivity (Wildman–Crippen MR) is 92.5 cm³/mol. The largest absolute Gasteiger partial charge is 0.416 e. The molecule has 2 rings (SSSR count). The van der Waals surface area contributed by atoms with Crippen LogP contribution in [0.2, 0.25) is 5.02 Å². The molecule has 2 N–H and O–H groups in total. The molecule has 0 heterocycles. The number of benzene rings is 2. The maximum absolute atomic E-state index is 12.9. The number of rotatable bonds is 5. The Bertz CT molecular complexity index is 733. The van der Waals surface area contributed by atoms with E-state index >= 15 is 0 Å². The summed E-state index contributed by atoms with van der Waals surface area (Å²) in [6.45, 7) is 3.75. The average molecular weight is 371 g/mol. The summed E-state index contributed by atoms with van der Waals surface area (Å²) in [5, 5.41) is 5.64. The highest BCUT2D eigenvalue weighted by Gasteiger charge is 2.31. The SMILES string of the molecule is CC(C)N[C@@H](C(=O)Nc1cc(C(F)(F)F)ccc1Cl)c1ccccc1. The van der Waals surface area contributed by atoms with Gasteiger partial charge in [0.25, 0.3) is 0 Å². The molecule has 0 aromatic heterocycles. The van der Waals surface area contributed by atoms with Gasteiger partial charge in [-0.1, -0.05) is 41.9 Å². The molecule has 0 saturated carbocycles. The molecule has 2 aromatic rings. The number of alkyl halides is 3. The number of amides is 1. The lowest BCUT2D eigenvalue weighted by Gasteiger charge is -2.22. The maximum atomic E-state index is 12.9. The van der Waals surface area contributed by atoms with Crippen LogP contribution in [-0.4, -0.2) is 11.9 Å². The van der Waals surface area contributed by atoms with E-state index in [0.29, 0.717) is 5.56 Å². The van der Waals surface area contributed by atoms with E-state index in [9.17, 15) is 18.0 Å². The minimum atomic E-state index is -4.51. The third-order valence-corrected chi connectivity index (χ3v) is 3.78. The van der Waals surface area contributed by atoms with E-state index < -0.39 is 23.7 Å². The molecule has 2 aromatic carbocycles. The van der Waals surface area contributed by atoms with Crippen LogP contribution in [0.15, 0.2) is 48.5 Å². The first-order chi connectivity index (χ1) is 11.7. The van der Waals surface area contributed by atoms with Crippen LogP contribution in [0.3, 0.4) is 0 Å². The summed E-state index contributed by atoms with van der Waals surface area (Å²) in [5.41, 5.74) is -0.245. The summed E-state index contributed by atoms with van der Waals surface area (Å²) in [6.07, 6.45) is -4.51. The number of hydrogen-bond acceptors (Lipinski definition) is 2. The van der Waals surface area contributed by atoms with Gasteiger partial charge in [-0.25, -0.2) is 0 Å². The van der Waals surface area contributed by atoms with Crippen molar-refractivity contribution in [2.75, 3.05) is 5.32 Å². The van der Waals surface area contributed by atoms with Crippen molar-refractivity contribution < 1.29 is 18.0 Å². The Morgan fingerprint density at radius 3 is 2.28 bits per heavy atom. The number of anilines is 1. The Labute approximate surface area is 149 Å². The minimum absolute atomic E-state index is 0.00654. The summed E-state index contributed by atoms with van der Waals surface area (Å²) in [7, 11) is 0. The number of nitrogens with one attached hydrogen (secondary N) is 2. The summed E-state index contributed by atoms with van der Waals surface area (Å²) in [4.78, 5) is 12.6. The number of carbonyl (C=O) groups is 1. The molecule has 7 heteroatoms. The summed E-state index contributed by atoms with van der Waals surface area (Å²) >= 11 is 5.94. The fourth-order valence-corrected chi connectivity index (χ4v) is 2.47. The molecule has 1 amide bonds. The van der Waals surface area contributed by atoms with Crippen LogP contribution >= 0.6 is 11.6 Å². The molecular weight excluding hydrogens is 353 g/mol. The first-order valence-electron chi connectivity index (χ1n) is 7.67. The molecule has 1 atom stereocenters. The van der Waals surface area contributed by atoms with E-state index in [0.717, 1.165) is 18.2 Å². The van der Waals surface area contributed by atoms with E-state index in [4.69, 9.17) is 11.6 Å². The van der Waals surface area contributed by atoms with Crippen molar-refractivity contribution in [1.29, 1.82) is 0 Å². The zero-order valence-electron chi connectivity index (χ0n) is 13.7. The summed E-state index contributed by atoms with van der Waals surface area (Å²) in [5.74, 6) is -0.485. The van der Waals surface area contributed by atoms with E-state index in [1.165, 1.54) is 0 Å². The zero-order valence-corrected chi connectivity index (χ0v) is 14.4. The van der Waals surface area contributed by atoms with Crippen LogP contribution in [0.5, 0.6) is 0 Å². The van der Waals surface area contributed by atoms with Gasteiger partial charge in [-0.15, -0.1) is 0 Å². The fourth-order valence-electron chi connectivity index (χ4n) is 2.30. The van der Waals surface area contributed by atoms with Gasteiger partial charge in [-0.3, -0.25) is 10.1 Å². The van der Waals surface area contributed by atoms with Gasteiger partial charge in [0.15, 0.2) is 0 Å². The van der Waals surface area contributed by atoms with Gasteiger partial charge in [0.1, 0.15) is 6.04 Å². The van der Waals surface area contributed by atoms with Crippen molar-refractivity contribution in [1.82, 2.24) is 5.32 Å². The molecule has 0 spiro atoms. The van der Waals surface area contributed by atoms with Crippen LogP contribution in [0.25, 0.3) is 0 Å². The Morgan fingerprint density at radius 1 is 1.08 bits per heavy atom. The molecule has 3 nitrogen and oxygen atoms in total. The lowest BCUT2D eigenvalue weighted by Crippen LogP contribution is -2.37. The van der Waals surface area contributed by atoms with Gasteiger partial charge in [-0.05, 0) is 37.6 Å². The van der Waals surface area contributed by atoms with Crippen molar-refractivity contribution in [3.63, 3.8) is 0 Å². The van der Waals surface area contributed by atoms with Crippen LogP contribution in [0, 0.1) is 0 Å². The summed E-state index contributed by atoms with van der Waals surface area (Å²) in [6, 6.07) is 11.0. The maximum Gasteiger partial charge on any atom is 0.416 e. The lowest BCUT2D eigenvalue weighted by molar-refractivity contribution is -0.137. The average Bonchev–Trinajstić information content (AvgIpc) is 2.54. The quantitative estimate of drug-likeness (QED) is 0.774. The highest BCUT2D eigenvalue weighted by Crippen LogP contribution is 2.34. The lowest BCUT2D eigenvalue weighted by atomic mass is 10.0. The number of carbonyl (C=O) groups excluding carboxylic acids is 1. The van der Waals surface area contributed by atoms with Gasteiger partial charge < -0.3 is 5.32 Å². The van der Waals surface area contributed by atoms with Crippen molar-refractivity contribution >= 4 is 23.2 Å². The Morgan fingerprint density at radius 2 is 1.72 bits per heavy atom. The van der Waals surface area contributed by atoms with Gasteiger partial charge in [0.2, 0.25) is 5.91 Å². The topological polar surface area (TPSA) is 41.1 Å². The third-order valence-electron chi connectivity index (χ3n) is 3.45. The van der Waals surface area contributed by atoms with E-state index in [1.54, 1.807) is 24.3 Å². The number of hydrogen-bond donors (Lipinski definition) is 2. The molecule has 0 aliphatic rings. The molecule has 0 radical (unpaired) electrons. The van der Waals surface area contributed by atoms with Crippen molar-refractivity contribution in [2.24, 2.45) is 0 Å². The third kappa shape index (κ3) is 5.21. The normalized spacial score (nSPS) is 12.9. The van der Waals surface area contributed by atoms with Crippen LogP contribution in [0.4, 0.5) is 18.9 Å². The minimum Gasteiger partial charge on any atom is -0.323 e. The summed E-state index contributed by atoms with van der Waals surface area (Å²) < 4.78 is 38.6. The molecule has 0 saturated heterocycles. The molecule has 0 aliphatic heterocycles. The first kappa shape index (κ1) is 19.3. The van der Waals surface area contributed by atoms with Crippen molar-refractivity contribution in [3.8, 4) is 0 Å². The number of halogens is 4. The molecule has 0 fully saturated rings. The van der Waals surface area contributed by atoms with Crippen molar-refractivity contribution in [2.45, 2.75) is 32.1 Å². The van der Waals surface area contributed by atoms with Crippen LogP contribution in [-0.2, 0) is 11.0 Å². The predicted octanol–water partition coefficient (Wildman–Crippen LogP) is 5.04. The standard InChI is InChI=1S/C18H18ClF3N2O/c1-11(2)23-16(12-6-4-3-5-7-12)17(25)24-15-10-13(18(20,21)22)8-9-14(15)19/h3-11,16,23H,1-2H3,(H,24,25)/t16-/m1/s1. The molecule has 0 aliphatic carbocycles. The van der Waals surface area contributed by atoms with E-state index in [2.05, 4.69) is 10.6 Å². The zero-order chi connectivity index (χ0) is 18.6. The second-order valence-corrected chi connectivity index (χ2v) is 6.25. The Kier molecular flexibility index (Phi) is 6.08. The van der Waals surface area contributed by atoms with Crippen LogP contribution in [0.1, 0.15) is 31.0 Å². The molecule has 134 valence electrons. The van der Waals surface area contributed by atoms with Crippen LogP contribution < -0.4 is 10.6 Å². The van der Waals surface area contributed by atoms with Gasteiger partial charge >= 0.3 is 6.18 Å². The smallest absolute Gasteiger partial charge is 0.323 e. The Balaban J connectivity index is 2.29. The van der Waals surface area contributed by atoms with Gasteiger partial charge in [-0.2, -0.15) is 13.2 Å². The first-order valence-corrected chi connectivity index (χ1v) is 8.05. The monoisotopic (exact) mass is 370 g/mol. The second-order valence-electron chi connectivity index (χ2n) is 5.85. The highest BCUT2D eigenvalue weighted by molar-refractivity contribution is 6.33. The van der Waals surface area contributed by atoms with E-state index in [1.807, 2.05) is 19.9 Å². The van der Waals surface area contributed by atoms with Crippen molar-refractivity contribution in [3.05, 3.63) is 64.7 Å². The molecular formula is C18H18ClF3N2O.